The van der Waals surface area contributed by atoms with Gasteiger partial charge in [0.15, 0.2) is 5.82 Å². The van der Waals surface area contributed by atoms with E-state index in [4.69, 9.17) is 4.74 Å². The number of benzene rings is 1. The predicted octanol–water partition coefficient (Wildman–Crippen LogP) is 1.82. The van der Waals surface area contributed by atoms with Gasteiger partial charge in [0, 0.05) is 25.5 Å². The summed E-state index contributed by atoms with van der Waals surface area (Å²) in [6.07, 6.45) is 1.84. The molecule has 1 N–H and O–H groups in total. The molecule has 5 heteroatoms. The van der Waals surface area contributed by atoms with Gasteiger partial charge in [0.2, 0.25) is 0 Å². The minimum Gasteiger partial charge on any atom is -0.496 e. The molecule has 0 saturated heterocycles. The summed E-state index contributed by atoms with van der Waals surface area (Å²) < 4.78 is 7.55. The Hall–Kier alpha value is -1.88. The molecule has 3 rings (SSSR count). The Labute approximate surface area is 118 Å². The van der Waals surface area contributed by atoms with Crippen LogP contribution in [0, 0.1) is 12.8 Å². The molecule has 1 aliphatic heterocycles. The Morgan fingerprint density at radius 3 is 3.00 bits per heavy atom. The van der Waals surface area contributed by atoms with Crippen LogP contribution in [-0.4, -0.2) is 33.6 Å². The average Bonchev–Trinajstić information content (AvgIpc) is 2.89. The van der Waals surface area contributed by atoms with E-state index in [9.17, 15) is 5.11 Å². The molecule has 1 atom stereocenters. The van der Waals surface area contributed by atoms with Gasteiger partial charge in [0.1, 0.15) is 11.6 Å². The highest BCUT2D eigenvalue weighted by Crippen LogP contribution is 2.32. The molecule has 1 aromatic heterocycles. The number of rotatable bonds is 3. The number of hydrogen-bond donors (Lipinski definition) is 1. The fourth-order valence-electron chi connectivity index (χ4n) is 2.74. The van der Waals surface area contributed by atoms with Crippen molar-refractivity contribution in [3.05, 3.63) is 29.6 Å². The Morgan fingerprint density at radius 2 is 2.25 bits per heavy atom. The first-order valence-corrected chi connectivity index (χ1v) is 6.91. The first-order valence-electron chi connectivity index (χ1n) is 6.91. The molecule has 0 spiro atoms. The minimum atomic E-state index is 0.210. The summed E-state index contributed by atoms with van der Waals surface area (Å²) in [5.41, 5.74) is 2.12. The zero-order valence-corrected chi connectivity index (χ0v) is 11.8. The molecule has 0 saturated carbocycles. The van der Waals surface area contributed by atoms with Crippen LogP contribution in [0.4, 0.5) is 0 Å². The number of hydrogen-bond acceptors (Lipinski definition) is 4. The van der Waals surface area contributed by atoms with Crippen LogP contribution in [0.3, 0.4) is 0 Å². The third-order valence-electron chi connectivity index (χ3n) is 3.90. The fraction of sp³-hybridized carbons (Fsp3) is 0.467. The molecule has 1 aliphatic rings. The molecule has 0 aliphatic carbocycles. The van der Waals surface area contributed by atoms with Crippen LogP contribution in [0.5, 0.6) is 5.75 Å². The number of fused-ring (bicyclic) bond motifs is 1. The molecule has 0 fully saturated rings. The molecule has 0 bridgehead atoms. The van der Waals surface area contributed by atoms with Crippen LogP contribution >= 0.6 is 0 Å². The molecule has 106 valence electrons. The zero-order chi connectivity index (χ0) is 14.1. The van der Waals surface area contributed by atoms with Crippen molar-refractivity contribution < 1.29 is 9.84 Å². The molecule has 0 amide bonds. The van der Waals surface area contributed by atoms with Gasteiger partial charge < -0.3 is 14.4 Å². The normalized spacial score (nSPS) is 17.9. The topological polar surface area (TPSA) is 60.2 Å². The van der Waals surface area contributed by atoms with Gasteiger partial charge in [0.05, 0.1) is 12.7 Å². The second-order valence-electron chi connectivity index (χ2n) is 5.34. The van der Waals surface area contributed by atoms with Gasteiger partial charge in [-0.3, -0.25) is 0 Å². The van der Waals surface area contributed by atoms with Crippen molar-refractivity contribution in [1.29, 1.82) is 0 Å². The van der Waals surface area contributed by atoms with Crippen LogP contribution in [0.25, 0.3) is 11.4 Å². The molecular weight excluding hydrogens is 254 g/mol. The number of nitrogens with zero attached hydrogens (tertiary/aromatic N) is 3. The maximum Gasteiger partial charge on any atom is 0.167 e. The molecule has 1 unspecified atom stereocenters. The zero-order valence-electron chi connectivity index (χ0n) is 11.8. The van der Waals surface area contributed by atoms with E-state index in [-0.39, 0.29) is 12.5 Å². The number of aromatic nitrogens is 3. The van der Waals surface area contributed by atoms with Crippen LogP contribution in [-0.2, 0) is 13.0 Å². The highest BCUT2D eigenvalue weighted by atomic mass is 16.5. The maximum absolute atomic E-state index is 9.38. The molecule has 2 aromatic rings. The summed E-state index contributed by atoms with van der Waals surface area (Å²) in [5, 5.41) is 18.0. The Bertz CT molecular complexity index is 622. The Kier molecular flexibility index (Phi) is 3.44. The van der Waals surface area contributed by atoms with Crippen LogP contribution in [0.15, 0.2) is 18.2 Å². The Balaban J connectivity index is 2.08. The smallest absolute Gasteiger partial charge is 0.167 e. The fourth-order valence-corrected chi connectivity index (χ4v) is 2.74. The van der Waals surface area contributed by atoms with E-state index in [1.54, 1.807) is 7.11 Å². The van der Waals surface area contributed by atoms with Crippen molar-refractivity contribution in [3.63, 3.8) is 0 Å². The Morgan fingerprint density at radius 1 is 1.40 bits per heavy atom. The van der Waals surface area contributed by atoms with Gasteiger partial charge in [-0.2, -0.15) is 0 Å². The van der Waals surface area contributed by atoms with Crippen LogP contribution < -0.4 is 4.74 Å². The first kappa shape index (κ1) is 13.1. The number of methoxy groups -OCH3 is 1. The van der Waals surface area contributed by atoms with Crippen molar-refractivity contribution >= 4 is 0 Å². The van der Waals surface area contributed by atoms with E-state index >= 15 is 0 Å². The molecular formula is C15H19N3O2. The number of aryl methyl sites for hydroxylation is 2. The summed E-state index contributed by atoms with van der Waals surface area (Å²) >= 11 is 0. The van der Waals surface area contributed by atoms with Gasteiger partial charge in [-0.25, -0.2) is 0 Å². The largest absolute Gasteiger partial charge is 0.496 e. The molecule has 5 nitrogen and oxygen atoms in total. The lowest BCUT2D eigenvalue weighted by molar-refractivity contribution is 0.191. The van der Waals surface area contributed by atoms with Crippen molar-refractivity contribution in [2.75, 3.05) is 13.7 Å². The summed E-state index contributed by atoms with van der Waals surface area (Å²) in [4.78, 5) is 0. The second kappa shape index (κ2) is 5.25. The number of aliphatic hydroxyl groups is 1. The maximum atomic E-state index is 9.38. The van der Waals surface area contributed by atoms with Crippen LogP contribution in [0.1, 0.15) is 17.8 Å². The third kappa shape index (κ3) is 2.18. The van der Waals surface area contributed by atoms with E-state index < -0.39 is 0 Å². The van der Waals surface area contributed by atoms with E-state index in [0.717, 1.165) is 47.9 Å². The minimum absolute atomic E-state index is 0.210. The van der Waals surface area contributed by atoms with E-state index in [0.29, 0.717) is 0 Å². The number of aliphatic hydroxyl groups excluding tert-OH is 1. The molecule has 2 heterocycles. The number of ether oxygens (including phenoxy) is 1. The molecule has 20 heavy (non-hydrogen) atoms. The van der Waals surface area contributed by atoms with Crippen molar-refractivity contribution in [3.8, 4) is 17.1 Å². The van der Waals surface area contributed by atoms with Crippen molar-refractivity contribution in [1.82, 2.24) is 14.8 Å². The monoisotopic (exact) mass is 273 g/mol. The average molecular weight is 273 g/mol. The van der Waals surface area contributed by atoms with Gasteiger partial charge in [-0.1, -0.05) is 11.6 Å². The SMILES string of the molecule is COc1ccc(C)cc1-c1nnc2n1CC(CO)CC2. The molecule has 0 radical (unpaired) electrons. The molecule has 1 aromatic carbocycles. The summed E-state index contributed by atoms with van der Waals surface area (Å²) in [6.45, 7) is 3.03. The second-order valence-corrected chi connectivity index (χ2v) is 5.34. The summed E-state index contributed by atoms with van der Waals surface area (Å²) in [7, 11) is 1.66. The van der Waals surface area contributed by atoms with E-state index in [1.165, 1.54) is 0 Å². The predicted molar refractivity (Wildman–Crippen MR) is 75.6 cm³/mol. The highest BCUT2D eigenvalue weighted by Gasteiger charge is 2.24. The lowest BCUT2D eigenvalue weighted by Crippen LogP contribution is -2.23. The van der Waals surface area contributed by atoms with Crippen LogP contribution in [0.2, 0.25) is 0 Å². The summed E-state index contributed by atoms with van der Waals surface area (Å²) in [6, 6.07) is 6.05. The summed E-state index contributed by atoms with van der Waals surface area (Å²) in [5.74, 6) is 2.91. The standard InChI is InChI=1S/C15H19N3O2/c1-10-3-5-13(20-2)12(7-10)15-17-16-14-6-4-11(9-19)8-18(14)15/h3,5,7,11,19H,4,6,8-9H2,1-2H3. The van der Waals surface area contributed by atoms with Gasteiger partial charge in [-0.15, -0.1) is 10.2 Å². The highest BCUT2D eigenvalue weighted by molar-refractivity contribution is 5.65. The lowest BCUT2D eigenvalue weighted by Gasteiger charge is -2.23. The quantitative estimate of drug-likeness (QED) is 0.926. The van der Waals surface area contributed by atoms with Crippen molar-refractivity contribution in [2.45, 2.75) is 26.3 Å². The van der Waals surface area contributed by atoms with Gasteiger partial charge in [0.25, 0.3) is 0 Å². The van der Waals surface area contributed by atoms with Gasteiger partial charge in [-0.05, 0) is 25.5 Å². The lowest BCUT2D eigenvalue weighted by atomic mass is 10.00. The third-order valence-corrected chi connectivity index (χ3v) is 3.90. The van der Waals surface area contributed by atoms with E-state index in [1.807, 2.05) is 19.1 Å². The van der Waals surface area contributed by atoms with Gasteiger partial charge >= 0.3 is 0 Å². The van der Waals surface area contributed by atoms with Crippen molar-refractivity contribution in [2.24, 2.45) is 5.92 Å². The van der Waals surface area contributed by atoms with E-state index in [2.05, 4.69) is 20.8 Å². The first-order chi connectivity index (χ1) is 9.72.